The number of hydrogen-bond acceptors (Lipinski definition) is 7. The number of rotatable bonds is 6. The minimum absolute atomic E-state index is 0.0300. The van der Waals surface area contributed by atoms with Crippen LogP contribution in [0, 0.1) is 17.0 Å². The van der Waals surface area contributed by atoms with Crippen molar-refractivity contribution < 1.29 is 28.7 Å². The van der Waals surface area contributed by atoms with E-state index in [0.717, 1.165) is 11.6 Å². The van der Waals surface area contributed by atoms with Gasteiger partial charge in [-0.25, -0.2) is 4.79 Å². The maximum Gasteiger partial charge on any atom is 0.331 e. The summed E-state index contributed by atoms with van der Waals surface area (Å²) in [6.07, 6.45) is 2.23. The summed E-state index contributed by atoms with van der Waals surface area (Å²) in [5.41, 5.74) is 1.47. The molecule has 2 aromatic carbocycles. The summed E-state index contributed by atoms with van der Waals surface area (Å²) in [7, 11) is 0. The van der Waals surface area contributed by atoms with Crippen molar-refractivity contribution in [2.24, 2.45) is 0 Å². The smallest absolute Gasteiger partial charge is 0.331 e. The third kappa shape index (κ3) is 4.64. The van der Waals surface area contributed by atoms with E-state index in [1.54, 1.807) is 18.2 Å². The summed E-state index contributed by atoms with van der Waals surface area (Å²) in [5, 5.41) is 13.8. The number of aryl methyl sites for hydroxylation is 1. The molecule has 1 N–H and O–H groups in total. The average molecular weight is 384 g/mol. The Hall–Kier alpha value is -3.88. The van der Waals surface area contributed by atoms with Crippen LogP contribution in [0.2, 0.25) is 0 Å². The van der Waals surface area contributed by atoms with Crippen LogP contribution in [0.25, 0.3) is 6.08 Å². The molecule has 3 rings (SSSR count). The molecule has 9 heteroatoms. The van der Waals surface area contributed by atoms with E-state index in [0.29, 0.717) is 11.4 Å². The monoisotopic (exact) mass is 384 g/mol. The second-order valence-corrected chi connectivity index (χ2v) is 5.88. The number of nitro benzene ring substituents is 1. The third-order valence-corrected chi connectivity index (χ3v) is 3.76. The van der Waals surface area contributed by atoms with Crippen molar-refractivity contribution in [3.05, 3.63) is 63.7 Å². The van der Waals surface area contributed by atoms with E-state index in [1.807, 2.05) is 13.0 Å². The number of carbonyl (C=O) groups excluding carboxylic acids is 2. The Balaban J connectivity index is 1.59. The van der Waals surface area contributed by atoms with Gasteiger partial charge in [0.15, 0.2) is 18.1 Å². The van der Waals surface area contributed by atoms with Crippen LogP contribution in [-0.4, -0.2) is 30.2 Å². The molecule has 0 atom stereocenters. The highest BCUT2D eigenvalue weighted by Crippen LogP contribution is 2.38. The number of fused-ring (bicyclic) bond motifs is 1. The van der Waals surface area contributed by atoms with Gasteiger partial charge in [-0.2, -0.15) is 0 Å². The maximum atomic E-state index is 11.8. The molecule has 1 amide bonds. The highest BCUT2D eigenvalue weighted by molar-refractivity contribution is 5.95. The van der Waals surface area contributed by atoms with Gasteiger partial charge in [0.25, 0.3) is 11.6 Å². The van der Waals surface area contributed by atoms with Crippen molar-refractivity contribution in [3.8, 4) is 11.5 Å². The van der Waals surface area contributed by atoms with Crippen molar-refractivity contribution in [1.82, 2.24) is 0 Å². The topological polar surface area (TPSA) is 117 Å². The Morgan fingerprint density at radius 3 is 2.71 bits per heavy atom. The lowest BCUT2D eigenvalue weighted by Crippen LogP contribution is -2.20. The first kappa shape index (κ1) is 18.9. The molecule has 0 saturated heterocycles. The molecule has 0 saturated carbocycles. The Kier molecular flexibility index (Phi) is 5.54. The molecule has 9 nitrogen and oxygen atoms in total. The molecule has 0 spiro atoms. The minimum Gasteiger partial charge on any atom is -0.454 e. The zero-order chi connectivity index (χ0) is 20.1. The van der Waals surface area contributed by atoms with Gasteiger partial charge in [0.1, 0.15) is 0 Å². The van der Waals surface area contributed by atoms with E-state index in [4.69, 9.17) is 14.2 Å². The van der Waals surface area contributed by atoms with Crippen LogP contribution in [0.5, 0.6) is 11.5 Å². The van der Waals surface area contributed by atoms with Gasteiger partial charge in [0.05, 0.1) is 16.6 Å². The number of esters is 1. The number of ether oxygens (including phenoxy) is 3. The number of carbonyl (C=O) groups is 2. The quantitative estimate of drug-likeness (QED) is 0.352. The molecule has 0 aliphatic carbocycles. The third-order valence-electron chi connectivity index (χ3n) is 3.76. The number of benzene rings is 2. The van der Waals surface area contributed by atoms with Crippen molar-refractivity contribution in [2.75, 3.05) is 18.7 Å². The Morgan fingerprint density at radius 2 is 2.00 bits per heavy atom. The lowest BCUT2D eigenvalue weighted by molar-refractivity contribution is -0.385. The van der Waals surface area contributed by atoms with E-state index in [-0.39, 0.29) is 23.8 Å². The van der Waals surface area contributed by atoms with Gasteiger partial charge in [-0.3, -0.25) is 14.9 Å². The molecule has 28 heavy (non-hydrogen) atoms. The fraction of sp³-hybridized carbons (Fsp3) is 0.158. The van der Waals surface area contributed by atoms with Crippen LogP contribution in [0.1, 0.15) is 11.1 Å². The number of amides is 1. The Labute approximate surface area is 159 Å². The molecule has 0 aromatic heterocycles. The first-order valence-electron chi connectivity index (χ1n) is 8.22. The number of hydrogen-bond donors (Lipinski definition) is 1. The molecule has 1 aliphatic heterocycles. The fourth-order valence-electron chi connectivity index (χ4n) is 2.50. The minimum atomic E-state index is -0.814. The highest BCUT2D eigenvalue weighted by atomic mass is 16.7. The number of anilines is 1. The molecule has 0 fully saturated rings. The van der Waals surface area contributed by atoms with Crippen molar-refractivity contribution in [2.45, 2.75) is 6.92 Å². The number of nitro groups is 1. The standard InChI is InChI=1S/C19H16N2O7/c1-12-3-2-4-14(7-12)20-18(22)10-26-19(23)6-5-13-8-16-17(28-11-27-16)9-15(13)21(24)25/h2-9H,10-11H2,1H3,(H,20,22)/b6-5+. The van der Waals surface area contributed by atoms with Crippen LogP contribution >= 0.6 is 0 Å². The highest BCUT2D eigenvalue weighted by Gasteiger charge is 2.22. The fourth-order valence-corrected chi connectivity index (χ4v) is 2.50. The lowest BCUT2D eigenvalue weighted by Gasteiger charge is -2.06. The van der Waals surface area contributed by atoms with Crippen LogP contribution < -0.4 is 14.8 Å². The molecule has 1 heterocycles. The molecule has 1 aliphatic rings. The molecular weight excluding hydrogens is 368 g/mol. The van der Waals surface area contributed by atoms with Gasteiger partial charge < -0.3 is 19.5 Å². The normalized spacial score (nSPS) is 12.0. The summed E-state index contributed by atoms with van der Waals surface area (Å²) in [6.45, 7) is 1.37. The summed E-state index contributed by atoms with van der Waals surface area (Å²) >= 11 is 0. The zero-order valence-corrected chi connectivity index (χ0v) is 14.8. The van der Waals surface area contributed by atoms with Crippen LogP contribution in [0.3, 0.4) is 0 Å². The molecule has 0 radical (unpaired) electrons. The largest absolute Gasteiger partial charge is 0.454 e. The van der Waals surface area contributed by atoms with Crippen molar-refractivity contribution in [1.29, 1.82) is 0 Å². The SMILES string of the molecule is Cc1cccc(NC(=O)COC(=O)/C=C/c2cc3c(cc2[N+](=O)[O-])OCO3)c1. The second-order valence-electron chi connectivity index (χ2n) is 5.88. The molecule has 144 valence electrons. The van der Waals surface area contributed by atoms with Crippen molar-refractivity contribution >= 4 is 29.3 Å². The van der Waals surface area contributed by atoms with E-state index in [2.05, 4.69) is 5.32 Å². The van der Waals surface area contributed by atoms with Crippen LogP contribution in [0.4, 0.5) is 11.4 Å². The van der Waals surface area contributed by atoms with Gasteiger partial charge in [0, 0.05) is 11.8 Å². The Bertz CT molecular complexity index is 969. The second kappa shape index (κ2) is 8.21. The summed E-state index contributed by atoms with van der Waals surface area (Å²) in [4.78, 5) is 34.3. The Morgan fingerprint density at radius 1 is 1.25 bits per heavy atom. The molecule has 2 aromatic rings. The van der Waals surface area contributed by atoms with Gasteiger partial charge >= 0.3 is 5.97 Å². The predicted octanol–water partition coefficient (Wildman–Crippen LogP) is 2.83. The zero-order valence-electron chi connectivity index (χ0n) is 14.8. The van der Waals surface area contributed by atoms with Gasteiger partial charge in [-0.15, -0.1) is 0 Å². The van der Waals surface area contributed by atoms with Crippen LogP contribution in [0.15, 0.2) is 42.5 Å². The lowest BCUT2D eigenvalue weighted by atomic mass is 10.1. The van der Waals surface area contributed by atoms with E-state index in [1.165, 1.54) is 18.2 Å². The number of nitrogens with zero attached hydrogens (tertiary/aromatic N) is 1. The summed E-state index contributed by atoms with van der Waals surface area (Å²) in [6, 6.07) is 9.79. The average Bonchev–Trinajstić information content (AvgIpc) is 3.11. The van der Waals surface area contributed by atoms with Gasteiger partial charge in [-0.05, 0) is 36.8 Å². The molecule has 0 bridgehead atoms. The first-order chi connectivity index (χ1) is 13.4. The summed E-state index contributed by atoms with van der Waals surface area (Å²) in [5.74, 6) is -0.705. The van der Waals surface area contributed by atoms with E-state index < -0.39 is 23.4 Å². The van der Waals surface area contributed by atoms with Crippen LogP contribution in [-0.2, 0) is 14.3 Å². The van der Waals surface area contributed by atoms with E-state index in [9.17, 15) is 19.7 Å². The van der Waals surface area contributed by atoms with Crippen molar-refractivity contribution in [3.63, 3.8) is 0 Å². The maximum absolute atomic E-state index is 11.8. The molecule has 0 unspecified atom stereocenters. The predicted molar refractivity (Wildman–Crippen MR) is 99.0 cm³/mol. The molecular formula is C19H16N2O7. The van der Waals surface area contributed by atoms with Gasteiger partial charge in [-0.1, -0.05) is 12.1 Å². The number of nitrogens with one attached hydrogen (secondary N) is 1. The van der Waals surface area contributed by atoms with Gasteiger partial charge in [0.2, 0.25) is 6.79 Å². The van der Waals surface area contributed by atoms with E-state index >= 15 is 0 Å². The first-order valence-corrected chi connectivity index (χ1v) is 8.22. The summed E-state index contributed by atoms with van der Waals surface area (Å²) < 4.78 is 15.1.